The summed E-state index contributed by atoms with van der Waals surface area (Å²) in [6.07, 6.45) is 24.4. The van der Waals surface area contributed by atoms with E-state index in [0.29, 0.717) is 0 Å². The van der Waals surface area contributed by atoms with E-state index in [0.717, 1.165) is 11.8 Å². The highest BCUT2D eigenvalue weighted by atomic mass is 16.1. The second-order valence-electron chi connectivity index (χ2n) is 8.59. The summed E-state index contributed by atoms with van der Waals surface area (Å²) in [7, 11) is 0. The minimum atomic E-state index is 0.0682. The van der Waals surface area contributed by atoms with Gasteiger partial charge in [-0.2, -0.15) is 0 Å². The fraction of sp³-hybridized carbons (Fsp3) is 0.955. The highest BCUT2D eigenvalue weighted by Gasteiger charge is 2.32. The van der Waals surface area contributed by atoms with Gasteiger partial charge in [-0.1, -0.05) is 96.8 Å². The summed E-state index contributed by atoms with van der Waals surface area (Å²) in [4.78, 5) is 11.7. The fourth-order valence-corrected chi connectivity index (χ4v) is 5.28. The van der Waals surface area contributed by atoms with Gasteiger partial charge in [0.2, 0.25) is 0 Å². The van der Waals surface area contributed by atoms with Crippen LogP contribution in [0.1, 0.15) is 116 Å². The lowest BCUT2D eigenvalue weighted by molar-refractivity contribution is -0.118. The molecule has 0 aliphatic heterocycles. The SMILES string of the molecule is CCCCCC(CCCC1(C=O)CCCCC1)C1CCCCC1. The van der Waals surface area contributed by atoms with E-state index in [2.05, 4.69) is 6.92 Å². The minimum absolute atomic E-state index is 0.0682. The Bertz CT molecular complexity index is 310. The number of unbranched alkanes of at least 4 members (excludes halogenated alkanes) is 2. The summed E-state index contributed by atoms with van der Waals surface area (Å²) in [6, 6.07) is 0. The summed E-state index contributed by atoms with van der Waals surface area (Å²) >= 11 is 0. The summed E-state index contributed by atoms with van der Waals surface area (Å²) in [5.41, 5.74) is 0.0682. The number of hydrogen-bond donors (Lipinski definition) is 0. The summed E-state index contributed by atoms with van der Waals surface area (Å²) in [5, 5.41) is 0. The van der Waals surface area contributed by atoms with Crippen molar-refractivity contribution in [1.82, 2.24) is 0 Å². The molecule has 0 aromatic heterocycles. The van der Waals surface area contributed by atoms with E-state index in [4.69, 9.17) is 0 Å². The van der Waals surface area contributed by atoms with Gasteiger partial charge in [0, 0.05) is 5.41 Å². The molecule has 23 heavy (non-hydrogen) atoms. The Labute approximate surface area is 145 Å². The van der Waals surface area contributed by atoms with Crippen LogP contribution < -0.4 is 0 Å². The van der Waals surface area contributed by atoms with Gasteiger partial charge < -0.3 is 4.79 Å². The second kappa shape index (κ2) is 10.5. The maximum Gasteiger partial charge on any atom is 0.126 e. The molecule has 0 N–H and O–H groups in total. The third-order valence-electron chi connectivity index (χ3n) is 6.84. The molecule has 134 valence electrons. The van der Waals surface area contributed by atoms with Crippen molar-refractivity contribution in [3.63, 3.8) is 0 Å². The Morgan fingerprint density at radius 1 is 0.913 bits per heavy atom. The summed E-state index contributed by atoms with van der Waals surface area (Å²) in [6.45, 7) is 2.31. The summed E-state index contributed by atoms with van der Waals surface area (Å²) < 4.78 is 0. The van der Waals surface area contributed by atoms with Crippen LogP contribution in [0.5, 0.6) is 0 Å². The van der Waals surface area contributed by atoms with Crippen molar-refractivity contribution >= 4 is 6.29 Å². The smallest absolute Gasteiger partial charge is 0.126 e. The van der Waals surface area contributed by atoms with E-state index in [1.54, 1.807) is 0 Å². The van der Waals surface area contributed by atoms with Crippen LogP contribution in [0.15, 0.2) is 0 Å². The van der Waals surface area contributed by atoms with Gasteiger partial charge in [0.25, 0.3) is 0 Å². The van der Waals surface area contributed by atoms with Crippen LogP contribution >= 0.6 is 0 Å². The number of rotatable bonds is 10. The standard InChI is InChI=1S/C22H40O/c1-2-3-6-12-21(20-13-7-4-8-14-20)15-11-18-22(19-23)16-9-5-10-17-22/h19-21H,2-18H2,1H3. The van der Waals surface area contributed by atoms with E-state index >= 15 is 0 Å². The van der Waals surface area contributed by atoms with E-state index in [9.17, 15) is 4.79 Å². The van der Waals surface area contributed by atoms with Crippen LogP contribution in [-0.4, -0.2) is 6.29 Å². The quantitative estimate of drug-likeness (QED) is 0.310. The van der Waals surface area contributed by atoms with Crippen LogP contribution in [0.3, 0.4) is 0 Å². The zero-order valence-corrected chi connectivity index (χ0v) is 15.7. The van der Waals surface area contributed by atoms with Crippen molar-refractivity contribution < 1.29 is 4.79 Å². The molecule has 0 heterocycles. The van der Waals surface area contributed by atoms with E-state index < -0.39 is 0 Å². The molecule has 0 radical (unpaired) electrons. The fourth-order valence-electron chi connectivity index (χ4n) is 5.28. The van der Waals surface area contributed by atoms with Crippen LogP contribution in [-0.2, 0) is 4.79 Å². The average molecular weight is 321 g/mol. The molecule has 0 spiro atoms. The highest BCUT2D eigenvalue weighted by Crippen LogP contribution is 2.41. The van der Waals surface area contributed by atoms with Gasteiger partial charge in [-0.05, 0) is 31.1 Å². The van der Waals surface area contributed by atoms with E-state index in [1.165, 1.54) is 115 Å². The maximum absolute atomic E-state index is 11.7. The third-order valence-corrected chi connectivity index (χ3v) is 6.84. The molecule has 1 unspecified atom stereocenters. The van der Waals surface area contributed by atoms with Crippen molar-refractivity contribution in [2.45, 2.75) is 116 Å². The molecule has 0 amide bonds. The molecule has 1 heteroatoms. The van der Waals surface area contributed by atoms with Crippen molar-refractivity contribution in [2.24, 2.45) is 17.3 Å². The number of hydrogen-bond acceptors (Lipinski definition) is 1. The molecule has 2 saturated carbocycles. The zero-order valence-electron chi connectivity index (χ0n) is 15.7. The van der Waals surface area contributed by atoms with Gasteiger partial charge in [-0.25, -0.2) is 0 Å². The first kappa shape index (κ1) is 19.0. The van der Waals surface area contributed by atoms with Crippen molar-refractivity contribution in [2.75, 3.05) is 0 Å². The van der Waals surface area contributed by atoms with Crippen LogP contribution in [0.4, 0.5) is 0 Å². The van der Waals surface area contributed by atoms with E-state index in [-0.39, 0.29) is 5.41 Å². The molecular formula is C22H40O. The molecule has 2 aliphatic carbocycles. The molecule has 0 bridgehead atoms. The number of carbonyl (C=O) groups excluding carboxylic acids is 1. The first-order valence-electron chi connectivity index (χ1n) is 10.8. The van der Waals surface area contributed by atoms with Gasteiger partial charge in [-0.15, -0.1) is 0 Å². The maximum atomic E-state index is 11.7. The molecule has 0 aromatic carbocycles. The van der Waals surface area contributed by atoms with Gasteiger partial charge in [0.15, 0.2) is 0 Å². The molecule has 2 rings (SSSR count). The Balaban J connectivity index is 1.79. The Morgan fingerprint density at radius 2 is 1.57 bits per heavy atom. The van der Waals surface area contributed by atoms with Gasteiger partial charge >= 0.3 is 0 Å². The van der Waals surface area contributed by atoms with Crippen molar-refractivity contribution in [3.05, 3.63) is 0 Å². The normalized spacial score (nSPS) is 23.5. The predicted octanol–water partition coefficient (Wildman–Crippen LogP) is 7.08. The lowest BCUT2D eigenvalue weighted by Gasteiger charge is -2.34. The third kappa shape index (κ3) is 6.24. The molecule has 2 aliphatic rings. The Hall–Kier alpha value is -0.330. The molecular weight excluding hydrogens is 280 g/mol. The highest BCUT2D eigenvalue weighted by molar-refractivity contribution is 5.59. The molecule has 0 aromatic rings. The predicted molar refractivity (Wildman–Crippen MR) is 99.6 cm³/mol. The van der Waals surface area contributed by atoms with Crippen LogP contribution in [0, 0.1) is 17.3 Å². The first-order chi connectivity index (χ1) is 11.3. The lowest BCUT2D eigenvalue weighted by Crippen LogP contribution is -2.26. The van der Waals surface area contributed by atoms with Crippen LogP contribution in [0.2, 0.25) is 0 Å². The Morgan fingerprint density at radius 3 is 2.22 bits per heavy atom. The molecule has 1 nitrogen and oxygen atoms in total. The Kier molecular flexibility index (Phi) is 8.69. The van der Waals surface area contributed by atoms with Gasteiger partial charge in [0.05, 0.1) is 0 Å². The molecule has 0 saturated heterocycles. The second-order valence-corrected chi connectivity index (χ2v) is 8.59. The minimum Gasteiger partial charge on any atom is -0.303 e. The zero-order chi connectivity index (χ0) is 16.4. The number of aldehydes is 1. The largest absolute Gasteiger partial charge is 0.303 e. The van der Waals surface area contributed by atoms with Crippen molar-refractivity contribution in [1.29, 1.82) is 0 Å². The van der Waals surface area contributed by atoms with Gasteiger partial charge in [-0.3, -0.25) is 0 Å². The molecule has 1 atom stereocenters. The first-order valence-corrected chi connectivity index (χ1v) is 10.8. The van der Waals surface area contributed by atoms with Gasteiger partial charge in [0.1, 0.15) is 6.29 Å². The average Bonchev–Trinajstić information content (AvgIpc) is 2.62. The monoisotopic (exact) mass is 320 g/mol. The number of carbonyl (C=O) groups is 1. The van der Waals surface area contributed by atoms with Crippen molar-refractivity contribution in [3.8, 4) is 0 Å². The van der Waals surface area contributed by atoms with E-state index in [1.807, 2.05) is 0 Å². The topological polar surface area (TPSA) is 17.1 Å². The molecule has 2 fully saturated rings. The van der Waals surface area contributed by atoms with Crippen LogP contribution in [0.25, 0.3) is 0 Å². The summed E-state index contributed by atoms with van der Waals surface area (Å²) in [5.74, 6) is 1.95. The lowest BCUT2D eigenvalue weighted by atomic mass is 9.70.